The highest BCUT2D eigenvalue weighted by Gasteiger charge is 2.66. The van der Waals surface area contributed by atoms with Crippen LogP contribution in [0.2, 0.25) is 0 Å². The fourth-order valence-corrected chi connectivity index (χ4v) is 7.15. The van der Waals surface area contributed by atoms with Crippen molar-refractivity contribution < 1.29 is 28.6 Å². The van der Waals surface area contributed by atoms with E-state index < -0.39 is 12.1 Å². The van der Waals surface area contributed by atoms with E-state index in [9.17, 15) is 14.4 Å². The van der Waals surface area contributed by atoms with Gasteiger partial charge in [0.2, 0.25) is 0 Å². The molecule has 0 aromatic heterocycles. The van der Waals surface area contributed by atoms with E-state index in [2.05, 4.69) is 27.7 Å². The van der Waals surface area contributed by atoms with E-state index in [1.54, 1.807) is 0 Å². The lowest BCUT2D eigenvalue weighted by Gasteiger charge is -2.40. The lowest BCUT2D eigenvalue weighted by atomic mass is 9.66. The summed E-state index contributed by atoms with van der Waals surface area (Å²) in [6.07, 6.45) is 2.24. The second-order valence-electron chi connectivity index (χ2n) is 10.6. The molecule has 2 saturated carbocycles. The number of ether oxygens (including phenoxy) is 3. The fraction of sp³-hybridized carbons (Fsp3) is 0.792. The average Bonchev–Trinajstić information content (AvgIpc) is 3.12. The average molecular weight is 419 g/mol. The van der Waals surface area contributed by atoms with Crippen LogP contribution in [0.25, 0.3) is 0 Å². The SMILES string of the molecule is CC(=O)O[C@H]1CC[C@@]2(C)CC[C@@]3(C)[C@H](C(=O)[C@H](OC(C)=O)[C@@H]3C(C)C)[C@H]3OCC1=C32. The van der Waals surface area contributed by atoms with Gasteiger partial charge in [-0.15, -0.1) is 0 Å². The van der Waals surface area contributed by atoms with E-state index in [0.717, 1.165) is 31.3 Å². The van der Waals surface area contributed by atoms with Crippen molar-refractivity contribution in [2.45, 2.75) is 85.5 Å². The Morgan fingerprint density at radius 1 is 1.07 bits per heavy atom. The van der Waals surface area contributed by atoms with E-state index >= 15 is 0 Å². The summed E-state index contributed by atoms with van der Waals surface area (Å²) in [4.78, 5) is 37.2. The van der Waals surface area contributed by atoms with Crippen LogP contribution in [0.5, 0.6) is 0 Å². The van der Waals surface area contributed by atoms with E-state index in [1.807, 2.05) is 0 Å². The van der Waals surface area contributed by atoms with Gasteiger partial charge in [-0.2, -0.15) is 0 Å². The highest BCUT2D eigenvalue weighted by atomic mass is 16.6. The van der Waals surface area contributed by atoms with Gasteiger partial charge >= 0.3 is 11.9 Å². The quantitative estimate of drug-likeness (QED) is 0.515. The van der Waals surface area contributed by atoms with Crippen molar-refractivity contribution in [3.8, 4) is 0 Å². The normalized spacial score (nSPS) is 42.6. The number of fused-ring (bicyclic) bond motifs is 2. The first-order valence-electron chi connectivity index (χ1n) is 11.2. The Labute approximate surface area is 178 Å². The van der Waals surface area contributed by atoms with E-state index in [0.29, 0.717) is 6.61 Å². The Morgan fingerprint density at radius 2 is 1.73 bits per heavy atom. The minimum Gasteiger partial charge on any atom is -0.458 e. The summed E-state index contributed by atoms with van der Waals surface area (Å²) in [5, 5.41) is 0. The molecule has 0 N–H and O–H groups in total. The number of carbonyl (C=O) groups is 3. The Hall–Kier alpha value is -1.69. The van der Waals surface area contributed by atoms with Crippen LogP contribution >= 0.6 is 0 Å². The third kappa shape index (κ3) is 3.05. The molecular weight excluding hydrogens is 384 g/mol. The number of carbonyl (C=O) groups excluding carboxylic acids is 3. The molecule has 30 heavy (non-hydrogen) atoms. The van der Waals surface area contributed by atoms with Crippen molar-refractivity contribution in [3.63, 3.8) is 0 Å². The predicted octanol–water partition coefficient (Wildman–Crippen LogP) is 3.62. The van der Waals surface area contributed by atoms with Gasteiger partial charge in [0, 0.05) is 19.8 Å². The Balaban J connectivity index is 1.81. The van der Waals surface area contributed by atoms with E-state index in [-0.39, 0.29) is 52.5 Å². The van der Waals surface area contributed by atoms with Crippen LogP contribution in [-0.4, -0.2) is 42.6 Å². The molecule has 4 aliphatic rings. The summed E-state index contributed by atoms with van der Waals surface area (Å²) in [7, 11) is 0. The summed E-state index contributed by atoms with van der Waals surface area (Å²) < 4.78 is 17.6. The molecule has 4 rings (SSSR count). The molecular formula is C24H34O6. The molecule has 3 aliphatic carbocycles. The molecule has 6 heteroatoms. The van der Waals surface area contributed by atoms with Gasteiger partial charge in [0.25, 0.3) is 0 Å². The van der Waals surface area contributed by atoms with Gasteiger partial charge in [0.05, 0.1) is 18.6 Å². The van der Waals surface area contributed by atoms with Gasteiger partial charge in [-0.05, 0) is 53.6 Å². The van der Waals surface area contributed by atoms with Crippen molar-refractivity contribution in [2.24, 2.45) is 28.6 Å². The second-order valence-corrected chi connectivity index (χ2v) is 10.6. The van der Waals surface area contributed by atoms with Gasteiger partial charge in [-0.25, -0.2) is 0 Å². The first kappa shape index (κ1) is 21.5. The third-order valence-electron chi connectivity index (χ3n) is 8.27. The molecule has 7 atom stereocenters. The zero-order chi connectivity index (χ0) is 22.0. The monoisotopic (exact) mass is 418 g/mol. The van der Waals surface area contributed by atoms with Crippen molar-refractivity contribution >= 4 is 17.7 Å². The summed E-state index contributed by atoms with van der Waals surface area (Å²) in [5.74, 6) is -0.900. The molecule has 1 aliphatic heterocycles. The van der Waals surface area contributed by atoms with Crippen LogP contribution in [-0.2, 0) is 28.6 Å². The van der Waals surface area contributed by atoms with E-state index in [1.165, 1.54) is 19.4 Å². The Bertz CT molecular complexity index is 813. The molecule has 2 fully saturated rings. The zero-order valence-electron chi connectivity index (χ0n) is 18.9. The molecule has 0 radical (unpaired) electrons. The molecule has 0 saturated heterocycles. The number of Topliss-reactive ketones (excluding diaryl/α,β-unsaturated/α-hetero) is 1. The molecule has 0 aromatic carbocycles. The number of hydrogen-bond donors (Lipinski definition) is 0. The maximum Gasteiger partial charge on any atom is 0.303 e. The summed E-state index contributed by atoms with van der Waals surface area (Å²) in [5.41, 5.74) is 1.86. The molecule has 166 valence electrons. The largest absolute Gasteiger partial charge is 0.458 e. The van der Waals surface area contributed by atoms with Crippen molar-refractivity contribution in [2.75, 3.05) is 6.61 Å². The fourth-order valence-electron chi connectivity index (χ4n) is 7.15. The molecule has 0 aromatic rings. The maximum atomic E-state index is 13.7. The molecule has 6 nitrogen and oxygen atoms in total. The van der Waals surface area contributed by atoms with Gasteiger partial charge in [0.15, 0.2) is 11.9 Å². The van der Waals surface area contributed by atoms with Crippen LogP contribution in [0.1, 0.15) is 67.2 Å². The number of hydrogen-bond acceptors (Lipinski definition) is 6. The van der Waals surface area contributed by atoms with E-state index in [4.69, 9.17) is 14.2 Å². The lowest BCUT2D eigenvalue weighted by Crippen LogP contribution is -2.40. The number of esters is 2. The molecule has 0 unspecified atom stereocenters. The van der Waals surface area contributed by atoms with Crippen LogP contribution in [0.15, 0.2) is 11.1 Å². The second kappa shape index (κ2) is 7.18. The van der Waals surface area contributed by atoms with Gasteiger partial charge < -0.3 is 14.2 Å². The first-order chi connectivity index (χ1) is 14.0. The predicted molar refractivity (Wildman–Crippen MR) is 109 cm³/mol. The molecule has 0 amide bonds. The molecule has 1 heterocycles. The van der Waals surface area contributed by atoms with Crippen LogP contribution in [0, 0.1) is 28.6 Å². The molecule has 0 spiro atoms. The minimum absolute atomic E-state index is 0.0102. The van der Waals surface area contributed by atoms with Gasteiger partial charge in [0.1, 0.15) is 6.10 Å². The Kier molecular flexibility index (Phi) is 5.16. The zero-order valence-corrected chi connectivity index (χ0v) is 18.9. The highest BCUT2D eigenvalue weighted by Crippen LogP contribution is 2.63. The molecule has 0 bridgehead atoms. The smallest absolute Gasteiger partial charge is 0.303 e. The highest BCUT2D eigenvalue weighted by molar-refractivity contribution is 5.92. The Morgan fingerprint density at radius 3 is 2.33 bits per heavy atom. The van der Waals surface area contributed by atoms with Crippen molar-refractivity contribution in [3.05, 3.63) is 11.1 Å². The van der Waals surface area contributed by atoms with Crippen molar-refractivity contribution in [1.82, 2.24) is 0 Å². The van der Waals surface area contributed by atoms with Crippen molar-refractivity contribution in [1.29, 1.82) is 0 Å². The lowest BCUT2D eigenvalue weighted by molar-refractivity contribution is -0.155. The summed E-state index contributed by atoms with van der Waals surface area (Å²) in [6.45, 7) is 11.9. The third-order valence-corrected chi connectivity index (χ3v) is 8.27. The van der Waals surface area contributed by atoms with Gasteiger partial charge in [-0.3, -0.25) is 14.4 Å². The first-order valence-corrected chi connectivity index (χ1v) is 11.2. The standard InChI is InChI=1S/C24H34O6/c1-12(2)17-22(30-14(4)26)20(27)19-21-18-15(11-28-21)16(29-13(3)25)7-8-23(18,5)9-10-24(17,19)6/h12,16-17,19,21-22H,7-11H2,1-6H3/t16-,17-,19+,21-,22+,23-,24+/m0/s1. The minimum atomic E-state index is -0.719. The maximum absolute atomic E-state index is 13.7. The van der Waals surface area contributed by atoms with Crippen LogP contribution < -0.4 is 0 Å². The van der Waals surface area contributed by atoms with Crippen LogP contribution in [0.4, 0.5) is 0 Å². The topological polar surface area (TPSA) is 78.9 Å². The summed E-state index contributed by atoms with van der Waals surface area (Å²) >= 11 is 0. The van der Waals surface area contributed by atoms with Gasteiger partial charge in [-0.1, -0.05) is 27.7 Å². The van der Waals surface area contributed by atoms with Crippen LogP contribution in [0.3, 0.4) is 0 Å². The number of ketones is 1. The summed E-state index contributed by atoms with van der Waals surface area (Å²) in [6, 6.07) is 0. The number of rotatable bonds is 3.